The summed E-state index contributed by atoms with van der Waals surface area (Å²) >= 11 is 1.51. The van der Waals surface area contributed by atoms with Gasteiger partial charge < -0.3 is 10.4 Å². The minimum Gasteiger partial charge on any atom is -0.622 e. The molecule has 4 nitrogen and oxygen atoms in total. The van der Waals surface area contributed by atoms with Crippen LogP contribution in [-0.2, 0) is 0 Å². The van der Waals surface area contributed by atoms with Gasteiger partial charge in [0.1, 0.15) is 6.04 Å². The zero-order valence-electron chi connectivity index (χ0n) is 7.17. The van der Waals surface area contributed by atoms with Crippen molar-refractivity contribution in [1.82, 2.24) is 5.06 Å². The molecule has 70 valence electrons. The lowest BCUT2D eigenvalue weighted by Gasteiger charge is -2.06. The first-order valence-electron chi connectivity index (χ1n) is 4.01. The third kappa shape index (κ3) is 1.35. The third-order valence-corrected chi connectivity index (χ3v) is 3.05. The van der Waals surface area contributed by atoms with E-state index in [-0.39, 0.29) is 12.7 Å². The molecule has 0 saturated heterocycles. The van der Waals surface area contributed by atoms with E-state index in [0.717, 1.165) is 14.7 Å². The SMILES string of the molecule is CC1C(c2cccs2)=[N+]([O-])CN1O. The van der Waals surface area contributed by atoms with Gasteiger partial charge in [0.05, 0.1) is 4.88 Å². The number of nitrogens with zero attached hydrogens (tertiary/aromatic N) is 2. The quantitative estimate of drug-likeness (QED) is 0.543. The lowest BCUT2D eigenvalue weighted by atomic mass is 10.2. The third-order valence-electron chi connectivity index (χ3n) is 2.16. The van der Waals surface area contributed by atoms with Crippen LogP contribution in [-0.4, -0.2) is 33.4 Å². The summed E-state index contributed by atoms with van der Waals surface area (Å²) in [5.74, 6) is 0. The Morgan fingerprint density at radius 1 is 1.77 bits per heavy atom. The fourth-order valence-corrected chi connectivity index (χ4v) is 2.29. The molecular formula is C8H10N2O2S. The van der Waals surface area contributed by atoms with E-state index in [1.807, 2.05) is 24.4 Å². The van der Waals surface area contributed by atoms with E-state index >= 15 is 0 Å². The molecule has 0 spiro atoms. The van der Waals surface area contributed by atoms with Gasteiger partial charge in [0.25, 0.3) is 0 Å². The van der Waals surface area contributed by atoms with Gasteiger partial charge in [0.15, 0.2) is 0 Å². The van der Waals surface area contributed by atoms with Crippen molar-refractivity contribution >= 4 is 17.0 Å². The molecule has 0 bridgehead atoms. The van der Waals surface area contributed by atoms with Gasteiger partial charge in [0, 0.05) is 0 Å². The summed E-state index contributed by atoms with van der Waals surface area (Å²) in [6, 6.07) is 3.57. The van der Waals surface area contributed by atoms with E-state index in [9.17, 15) is 10.4 Å². The Balaban J connectivity index is 2.38. The average molecular weight is 198 g/mol. The molecule has 0 amide bonds. The first-order valence-corrected chi connectivity index (χ1v) is 4.89. The van der Waals surface area contributed by atoms with E-state index in [1.54, 1.807) is 0 Å². The molecule has 0 aromatic carbocycles. The zero-order valence-corrected chi connectivity index (χ0v) is 7.99. The van der Waals surface area contributed by atoms with Crippen LogP contribution in [0.3, 0.4) is 0 Å². The van der Waals surface area contributed by atoms with Crippen molar-refractivity contribution in [2.75, 3.05) is 6.67 Å². The standard InChI is InChI=1S/C8H10N2O2S/c1-6-8(7-3-2-4-13-7)10(12)5-9(6)11/h2-4,6,11H,5H2,1H3. The van der Waals surface area contributed by atoms with Crippen LogP contribution in [0.4, 0.5) is 0 Å². The molecule has 1 N–H and O–H groups in total. The Morgan fingerprint density at radius 3 is 3.00 bits per heavy atom. The normalized spacial score (nSPS) is 24.3. The van der Waals surface area contributed by atoms with Crippen molar-refractivity contribution in [3.8, 4) is 0 Å². The summed E-state index contributed by atoms with van der Waals surface area (Å²) in [7, 11) is 0. The van der Waals surface area contributed by atoms with Gasteiger partial charge in [-0.15, -0.1) is 16.4 Å². The molecule has 1 aliphatic rings. The Kier molecular flexibility index (Phi) is 2.07. The summed E-state index contributed by atoms with van der Waals surface area (Å²) in [6.07, 6.45) is 0. The summed E-state index contributed by atoms with van der Waals surface area (Å²) in [5.41, 5.74) is 0.650. The number of rotatable bonds is 1. The van der Waals surface area contributed by atoms with Gasteiger partial charge in [0.2, 0.25) is 12.4 Å². The monoisotopic (exact) mass is 198 g/mol. The van der Waals surface area contributed by atoms with Crippen LogP contribution in [0.5, 0.6) is 0 Å². The highest BCUT2D eigenvalue weighted by Crippen LogP contribution is 2.18. The molecule has 0 aliphatic carbocycles. The van der Waals surface area contributed by atoms with E-state index in [1.165, 1.54) is 11.3 Å². The molecule has 1 aliphatic heterocycles. The van der Waals surface area contributed by atoms with Gasteiger partial charge in [-0.25, -0.2) is 0 Å². The largest absolute Gasteiger partial charge is 0.622 e. The minimum atomic E-state index is -0.212. The molecule has 1 aromatic rings. The summed E-state index contributed by atoms with van der Waals surface area (Å²) < 4.78 is 0.830. The van der Waals surface area contributed by atoms with Crippen LogP contribution in [0.25, 0.3) is 0 Å². The molecular weight excluding hydrogens is 188 g/mol. The Bertz CT molecular complexity index is 334. The highest BCUT2D eigenvalue weighted by atomic mass is 32.1. The molecule has 2 rings (SSSR count). The number of hydrogen-bond donors (Lipinski definition) is 1. The number of hydrogen-bond acceptors (Lipinski definition) is 4. The molecule has 0 radical (unpaired) electrons. The Labute approximate surface area is 79.9 Å². The lowest BCUT2D eigenvalue weighted by Crippen LogP contribution is -2.29. The van der Waals surface area contributed by atoms with Gasteiger partial charge in [-0.2, -0.15) is 4.74 Å². The predicted molar refractivity (Wildman–Crippen MR) is 50.0 cm³/mol. The number of thiophene rings is 1. The fourth-order valence-electron chi connectivity index (χ4n) is 1.43. The van der Waals surface area contributed by atoms with Crippen LogP contribution in [0, 0.1) is 5.21 Å². The van der Waals surface area contributed by atoms with Crippen LogP contribution in [0.2, 0.25) is 0 Å². The fraction of sp³-hybridized carbons (Fsp3) is 0.375. The van der Waals surface area contributed by atoms with Gasteiger partial charge in [-0.3, -0.25) is 0 Å². The van der Waals surface area contributed by atoms with Crippen molar-refractivity contribution in [2.24, 2.45) is 0 Å². The van der Waals surface area contributed by atoms with Gasteiger partial charge in [-0.1, -0.05) is 6.07 Å². The van der Waals surface area contributed by atoms with Crippen LogP contribution in [0.1, 0.15) is 11.8 Å². The molecule has 1 unspecified atom stereocenters. The van der Waals surface area contributed by atoms with Crippen molar-refractivity contribution in [1.29, 1.82) is 0 Å². The highest BCUT2D eigenvalue weighted by molar-refractivity contribution is 7.12. The second-order valence-corrected chi connectivity index (χ2v) is 3.95. The van der Waals surface area contributed by atoms with Crippen LogP contribution in [0.15, 0.2) is 17.5 Å². The topological polar surface area (TPSA) is 49.5 Å². The molecule has 1 aromatic heterocycles. The zero-order chi connectivity index (χ0) is 9.42. The first kappa shape index (κ1) is 8.68. The van der Waals surface area contributed by atoms with Gasteiger partial charge >= 0.3 is 0 Å². The Hall–Kier alpha value is -0.910. The predicted octanol–water partition coefficient (Wildman–Crippen LogP) is 1.10. The smallest absolute Gasteiger partial charge is 0.231 e. The van der Waals surface area contributed by atoms with E-state index in [2.05, 4.69) is 0 Å². The van der Waals surface area contributed by atoms with Crippen LogP contribution >= 0.6 is 11.3 Å². The lowest BCUT2D eigenvalue weighted by molar-refractivity contribution is -0.486. The molecule has 0 fully saturated rings. The average Bonchev–Trinajstić information content (AvgIpc) is 2.63. The summed E-state index contributed by atoms with van der Waals surface area (Å²) in [6.45, 7) is 1.85. The van der Waals surface area contributed by atoms with E-state index in [0.29, 0.717) is 5.71 Å². The van der Waals surface area contributed by atoms with Crippen molar-refractivity contribution in [3.05, 3.63) is 27.6 Å². The van der Waals surface area contributed by atoms with E-state index in [4.69, 9.17) is 0 Å². The van der Waals surface area contributed by atoms with Gasteiger partial charge in [-0.05, 0) is 18.4 Å². The molecule has 0 saturated carbocycles. The molecule has 13 heavy (non-hydrogen) atoms. The molecule has 5 heteroatoms. The van der Waals surface area contributed by atoms with Crippen molar-refractivity contribution < 1.29 is 9.95 Å². The Morgan fingerprint density at radius 2 is 2.54 bits per heavy atom. The first-order chi connectivity index (χ1) is 6.20. The van der Waals surface area contributed by atoms with E-state index < -0.39 is 0 Å². The second-order valence-electron chi connectivity index (χ2n) is 3.00. The number of hydroxylamine groups is 3. The second kappa shape index (κ2) is 3.10. The maximum absolute atomic E-state index is 11.4. The highest BCUT2D eigenvalue weighted by Gasteiger charge is 2.34. The van der Waals surface area contributed by atoms with Crippen molar-refractivity contribution in [3.63, 3.8) is 0 Å². The van der Waals surface area contributed by atoms with Crippen LogP contribution < -0.4 is 0 Å². The maximum atomic E-state index is 11.4. The maximum Gasteiger partial charge on any atom is 0.231 e. The molecule has 2 heterocycles. The summed E-state index contributed by atoms with van der Waals surface area (Å²) in [5, 5.41) is 23.7. The molecule has 1 atom stereocenters. The van der Waals surface area contributed by atoms with Crippen molar-refractivity contribution in [2.45, 2.75) is 13.0 Å². The summed E-state index contributed by atoms with van der Waals surface area (Å²) in [4.78, 5) is 0.930. The minimum absolute atomic E-state index is 0.0361.